The van der Waals surface area contributed by atoms with Gasteiger partial charge in [-0.05, 0) is 11.5 Å². The van der Waals surface area contributed by atoms with Crippen LogP contribution in [-0.4, -0.2) is 21.3 Å². The molecule has 3 N–H and O–H groups in total. The third-order valence-electron chi connectivity index (χ3n) is 3.47. The molecule has 1 aromatic carbocycles. The van der Waals surface area contributed by atoms with E-state index < -0.39 is 11.9 Å². The second kappa shape index (κ2) is 3.14. The molecular weight excluding hydrogens is 208 g/mol. The Hall–Kier alpha value is -1.71. The molecule has 0 spiro atoms. The van der Waals surface area contributed by atoms with Gasteiger partial charge in [0.25, 0.3) is 0 Å². The van der Waals surface area contributed by atoms with Crippen molar-refractivity contribution >= 4 is 5.97 Å². The average molecular weight is 222 g/mol. The average Bonchev–Trinajstić information content (AvgIpc) is 2.74. The van der Waals surface area contributed by atoms with Crippen molar-refractivity contribution in [3.63, 3.8) is 0 Å². The number of benzene rings is 1. The molecule has 0 saturated heterocycles. The van der Waals surface area contributed by atoms with Crippen LogP contribution in [0.1, 0.15) is 25.3 Å². The summed E-state index contributed by atoms with van der Waals surface area (Å²) in [6.45, 7) is 3.69. The van der Waals surface area contributed by atoms with Crippen molar-refractivity contribution in [2.45, 2.75) is 19.8 Å². The molecule has 0 bridgehead atoms. The van der Waals surface area contributed by atoms with E-state index >= 15 is 0 Å². The van der Waals surface area contributed by atoms with E-state index in [1.807, 2.05) is 13.8 Å². The van der Waals surface area contributed by atoms with Crippen LogP contribution >= 0.6 is 0 Å². The molecule has 0 aromatic heterocycles. The lowest BCUT2D eigenvalue weighted by atomic mass is 10.0. The normalized spacial score (nSPS) is 26.4. The summed E-state index contributed by atoms with van der Waals surface area (Å²) in [5, 5.41) is 28.1. The molecule has 4 heteroatoms. The van der Waals surface area contributed by atoms with Crippen LogP contribution in [0.15, 0.2) is 18.2 Å². The zero-order valence-corrected chi connectivity index (χ0v) is 9.14. The molecule has 1 fully saturated rings. The number of phenols is 2. The van der Waals surface area contributed by atoms with Crippen LogP contribution < -0.4 is 0 Å². The molecule has 0 amide bonds. The van der Waals surface area contributed by atoms with E-state index in [0.29, 0.717) is 5.56 Å². The van der Waals surface area contributed by atoms with E-state index in [-0.39, 0.29) is 22.8 Å². The van der Waals surface area contributed by atoms with Gasteiger partial charge in [0.2, 0.25) is 0 Å². The predicted octanol–water partition coefficient (Wildman–Crippen LogP) is 1.92. The Morgan fingerprint density at radius 3 is 2.44 bits per heavy atom. The van der Waals surface area contributed by atoms with Crippen LogP contribution in [0.3, 0.4) is 0 Å². The number of rotatable bonds is 2. The molecule has 0 unspecified atom stereocenters. The summed E-state index contributed by atoms with van der Waals surface area (Å²) in [4.78, 5) is 11.0. The Morgan fingerprint density at radius 2 is 1.94 bits per heavy atom. The van der Waals surface area contributed by atoms with Crippen molar-refractivity contribution < 1.29 is 20.1 Å². The lowest BCUT2D eigenvalue weighted by Gasteiger charge is -2.06. The predicted molar refractivity (Wildman–Crippen MR) is 57.4 cm³/mol. The molecular formula is C12H14O4. The first-order valence-electron chi connectivity index (χ1n) is 5.11. The third kappa shape index (κ3) is 1.33. The van der Waals surface area contributed by atoms with Gasteiger partial charge in [-0.25, -0.2) is 0 Å². The first kappa shape index (κ1) is 10.8. The zero-order valence-electron chi connectivity index (χ0n) is 9.14. The number of phenolic OH excluding ortho intramolecular Hbond substituents is 2. The number of hydrogen-bond donors (Lipinski definition) is 3. The van der Waals surface area contributed by atoms with Crippen LogP contribution in [0.4, 0.5) is 0 Å². The Kier molecular flexibility index (Phi) is 2.12. The molecule has 2 atom stereocenters. The van der Waals surface area contributed by atoms with Gasteiger partial charge in [-0.15, -0.1) is 0 Å². The molecule has 1 aliphatic carbocycles. The van der Waals surface area contributed by atoms with Crippen LogP contribution in [0, 0.1) is 11.3 Å². The highest BCUT2D eigenvalue weighted by atomic mass is 16.4. The number of para-hydroxylation sites is 1. The molecule has 0 heterocycles. The number of carboxylic acids is 1. The molecule has 4 nitrogen and oxygen atoms in total. The standard InChI is InChI=1S/C12H14O4/c1-12(2)8(9(12)11(15)16)6-4-3-5-7(13)10(6)14/h3-5,8-9,13-14H,1-2H3,(H,15,16)/t8-,9+/m1/s1. The minimum atomic E-state index is -0.863. The highest BCUT2D eigenvalue weighted by molar-refractivity contribution is 5.78. The number of hydrogen-bond acceptors (Lipinski definition) is 3. The smallest absolute Gasteiger partial charge is 0.307 e. The Morgan fingerprint density at radius 1 is 1.31 bits per heavy atom. The third-order valence-corrected chi connectivity index (χ3v) is 3.47. The quantitative estimate of drug-likeness (QED) is 0.668. The number of carbonyl (C=O) groups is 1. The minimum Gasteiger partial charge on any atom is -0.504 e. The fourth-order valence-corrected chi connectivity index (χ4v) is 2.48. The summed E-state index contributed by atoms with van der Waals surface area (Å²) in [6, 6.07) is 4.64. The first-order valence-corrected chi connectivity index (χ1v) is 5.11. The van der Waals surface area contributed by atoms with Gasteiger partial charge in [-0.1, -0.05) is 26.0 Å². The summed E-state index contributed by atoms with van der Waals surface area (Å²) in [7, 11) is 0. The van der Waals surface area contributed by atoms with Crippen molar-refractivity contribution in [3.05, 3.63) is 23.8 Å². The maximum atomic E-state index is 11.0. The zero-order chi connectivity index (χ0) is 12.1. The Balaban J connectivity index is 2.41. The van der Waals surface area contributed by atoms with E-state index in [0.717, 1.165) is 0 Å². The molecule has 86 valence electrons. The van der Waals surface area contributed by atoms with Crippen LogP contribution in [0.2, 0.25) is 0 Å². The van der Waals surface area contributed by atoms with E-state index in [1.54, 1.807) is 12.1 Å². The SMILES string of the molecule is CC1(C)[C@H](C(=O)O)[C@H]1c1cccc(O)c1O. The van der Waals surface area contributed by atoms with E-state index in [1.165, 1.54) is 6.07 Å². The molecule has 2 rings (SSSR count). The lowest BCUT2D eigenvalue weighted by molar-refractivity contribution is -0.139. The summed E-state index contributed by atoms with van der Waals surface area (Å²) in [5.41, 5.74) is 0.134. The van der Waals surface area contributed by atoms with Gasteiger partial charge in [0.15, 0.2) is 11.5 Å². The lowest BCUT2D eigenvalue weighted by Crippen LogP contribution is -2.03. The maximum absolute atomic E-state index is 11.0. The second-order valence-electron chi connectivity index (χ2n) is 4.83. The van der Waals surface area contributed by atoms with Crippen molar-refractivity contribution in [1.82, 2.24) is 0 Å². The molecule has 0 aliphatic heterocycles. The maximum Gasteiger partial charge on any atom is 0.307 e. The van der Waals surface area contributed by atoms with Gasteiger partial charge in [-0.3, -0.25) is 4.79 Å². The van der Waals surface area contributed by atoms with Crippen molar-refractivity contribution in [1.29, 1.82) is 0 Å². The van der Waals surface area contributed by atoms with Gasteiger partial charge >= 0.3 is 5.97 Å². The molecule has 1 aromatic rings. The summed E-state index contributed by atoms with van der Waals surface area (Å²) in [6.07, 6.45) is 0. The van der Waals surface area contributed by atoms with E-state index in [4.69, 9.17) is 5.11 Å². The topological polar surface area (TPSA) is 77.8 Å². The van der Waals surface area contributed by atoms with Gasteiger partial charge < -0.3 is 15.3 Å². The largest absolute Gasteiger partial charge is 0.504 e. The van der Waals surface area contributed by atoms with Gasteiger partial charge in [0, 0.05) is 11.5 Å². The van der Waals surface area contributed by atoms with Crippen molar-refractivity contribution in [2.24, 2.45) is 11.3 Å². The molecule has 0 radical (unpaired) electrons. The fraction of sp³-hybridized carbons (Fsp3) is 0.417. The minimum absolute atomic E-state index is 0.204. The Labute approximate surface area is 93.2 Å². The van der Waals surface area contributed by atoms with Gasteiger partial charge in [0.1, 0.15) is 0 Å². The van der Waals surface area contributed by atoms with Gasteiger partial charge in [-0.2, -0.15) is 0 Å². The van der Waals surface area contributed by atoms with Crippen molar-refractivity contribution in [2.75, 3.05) is 0 Å². The van der Waals surface area contributed by atoms with Gasteiger partial charge in [0.05, 0.1) is 5.92 Å². The van der Waals surface area contributed by atoms with Crippen LogP contribution in [0.5, 0.6) is 11.5 Å². The second-order valence-corrected chi connectivity index (χ2v) is 4.83. The summed E-state index contributed by atoms with van der Waals surface area (Å²) in [5.74, 6) is -2.01. The molecule has 1 aliphatic rings. The van der Waals surface area contributed by atoms with E-state index in [2.05, 4.69) is 0 Å². The molecule has 1 saturated carbocycles. The monoisotopic (exact) mass is 222 g/mol. The summed E-state index contributed by atoms with van der Waals surface area (Å²) >= 11 is 0. The highest BCUT2D eigenvalue weighted by Crippen LogP contribution is 2.66. The summed E-state index contributed by atoms with van der Waals surface area (Å²) < 4.78 is 0. The first-order chi connectivity index (χ1) is 7.37. The van der Waals surface area contributed by atoms with Crippen LogP contribution in [-0.2, 0) is 4.79 Å². The number of aliphatic carboxylic acids is 1. The van der Waals surface area contributed by atoms with Crippen LogP contribution in [0.25, 0.3) is 0 Å². The van der Waals surface area contributed by atoms with Crippen molar-refractivity contribution in [3.8, 4) is 11.5 Å². The fourth-order valence-electron chi connectivity index (χ4n) is 2.48. The highest BCUT2D eigenvalue weighted by Gasteiger charge is 2.63. The number of carboxylic acid groups (broad SMARTS) is 1. The number of aromatic hydroxyl groups is 2. The molecule has 16 heavy (non-hydrogen) atoms. The van der Waals surface area contributed by atoms with E-state index in [9.17, 15) is 15.0 Å². The Bertz CT molecular complexity index is 450.